The molecule has 7 atom stereocenters. The molecule has 18 heavy (non-hydrogen) atoms. The highest BCUT2D eigenvalue weighted by Gasteiger charge is 2.47. The molecule has 2 aliphatic heterocycles. The van der Waals surface area contributed by atoms with Crippen LogP contribution in [0.25, 0.3) is 0 Å². The minimum absolute atomic E-state index is 0.00258. The molecule has 0 bridgehead atoms. The van der Waals surface area contributed by atoms with Gasteiger partial charge in [-0.2, -0.15) is 0 Å². The summed E-state index contributed by atoms with van der Waals surface area (Å²) >= 11 is 0. The minimum atomic E-state index is 0.00258. The maximum atomic E-state index is 12.0. The number of hydroxylamine groups is 2. The number of ether oxygens (including phenoxy) is 2. The Balaban J connectivity index is 1.21. The summed E-state index contributed by atoms with van der Waals surface area (Å²) in [7, 11) is 0. The molecule has 0 aromatic heterocycles. The zero-order valence-corrected chi connectivity index (χ0v) is 10.5. The summed E-state index contributed by atoms with van der Waals surface area (Å²) in [6.07, 6.45) is 8.03. The van der Waals surface area contributed by atoms with Gasteiger partial charge < -0.3 is 14.7 Å². The van der Waals surface area contributed by atoms with E-state index in [0.29, 0.717) is 36.9 Å². The van der Waals surface area contributed by atoms with Gasteiger partial charge in [0.25, 0.3) is 0 Å². The van der Waals surface area contributed by atoms with Crippen LogP contribution >= 0.6 is 0 Å². The van der Waals surface area contributed by atoms with E-state index < -0.39 is 0 Å². The summed E-state index contributed by atoms with van der Waals surface area (Å²) in [4.78, 5) is 5.50. The molecule has 4 rings (SSSR count). The summed E-state index contributed by atoms with van der Waals surface area (Å²) in [5.41, 5.74) is 0. The average molecular weight is 255 g/mol. The van der Waals surface area contributed by atoms with Gasteiger partial charge in [0, 0.05) is 12.8 Å². The number of rotatable bonds is 4. The monoisotopic (exact) mass is 255 g/mol. The van der Waals surface area contributed by atoms with Crippen LogP contribution in [0.15, 0.2) is 0 Å². The Kier molecular flexibility index (Phi) is 2.85. The van der Waals surface area contributed by atoms with Crippen molar-refractivity contribution >= 4 is 0 Å². The van der Waals surface area contributed by atoms with Crippen LogP contribution < -0.4 is 5.23 Å². The normalized spacial score (nSPS) is 51.2. The van der Waals surface area contributed by atoms with Crippen LogP contribution in [-0.4, -0.2) is 37.1 Å². The molecule has 2 saturated carbocycles. The van der Waals surface area contributed by atoms with Crippen LogP contribution in [0, 0.1) is 11.1 Å². The van der Waals surface area contributed by atoms with E-state index in [2.05, 4.69) is 0 Å². The van der Waals surface area contributed by atoms with Gasteiger partial charge in [0.15, 0.2) is 0 Å². The first-order chi connectivity index (χ1) is 8.79. The van der Waals surface area contributed by atoms with Crippen LogP contribution in [0.1, 0.15) is 38.5 Å². The van der Waals surface area contributed by atoms with E-state index in [4.69, 9.17) is 14.3 Å². The van der Waals surface area contributed by atoms with Crippen molar-refractivity contribution in [2.75, 3.05) is 6.61 Å². The SMILES string of the molecule is [O-][NH+](OCC1CCC2OC2C1)C1CCC2OC2C1. The highest BCUT2D eigenvalue weighted by Crippen LogP contribution is 2.39. The molecule has 1 N–H and O–H groups in total. The molecular formula is C13H21NO4. The zero-order valence-electron chi connectivity index (χ0n) is 10.5. The highest BCUT2D eigenvalue weighted by molar-refractivity contribution is 4.92. The maximum absolute atomic E-state index is 12.0. The number of hydrogen-bond acceptors (Lipinski definition) is 4. The molecule has 0 aromatic carbocycles. The van der Waals surface area contributed by atoms with Crippen LogP contribution in [0.3, 0.4) is 0 Å². The van der Waals surface area contributed by atoms with E-state index in [-0.39, 0.29) is 11.3 Å². The maximum Gasteiger partial charge on any atom is 0.120 e. The summed E-state index contributed by atoms with van der Waals surface area (Å²) in [5.74, 6) is 0.520. The number of quaternary nitrogens is 1. The Morgan fingerprint density at radius 2 is 1.67 bits per heavy atom. The predicted octanol–water partition coefficient (Wildman–Crippen LogP) is 0.188. The van der Waals surface area contributed by atoms with Crippen LogP contribution in [-0.2, 0) is 14.3 Å². The van der Waals surface area contributed by atoms with Crippen LogP contribution in [0.2, 0.25) is 0 Å². The number of nitrogens with one attached hydrogen (secondary N) is 1. The Morgan fingerprint density at radius 3 is 2.39 bits per heavy atom. The van der Waals surface area contributed by atoms with E-state index in [9.17, 15) is 5.21 Å². The molecule has 0 radical (unpaired) electrons. The molecule has 4 fully saturated rings. The lowest BCUT2D eigenvalue weighted by atomic mass is 9.90. The van der Waals surface area contributed by atoms with Gasteiger partial charge in [-0.15, -0.1) is 0 Å². The van der Waals surface area contributed by atoms with Crippen molar-refractivity contribution < 1.29 is 19.5 Å². The second-order valence-electron chi connectivity index (χ2n) is 6.25. The standard InChI is InChI=1S/C13H21NO4/c15-14(9-2-4-11-13(6-9)18-11)16-7-8-1-3-10-12(5-8)17-10/h8-14H,1-7H2. The van der Waals surface area contributed by atoms with Gasteiger partial charge in [0.1, 0.15) is 12.6 Å². The third-order valence-electron chi connectivity index (χ3n) is 4.91. The minimum Gasteiger partial charge on any atom is -0.600 e. The van der Waals surface area contributed by atoms with Crippen molar-refractivity contribution in [2.45, 2.75) is 69.0 Å². The van der Waals surface area contributed by atoms with E-state index in [1.165, 1.54) is 0 Å². The summed E-state index contributed by atoms with van der Waals surface area (Å²) in [6.45, 7) is 0.594. The molecule has 0 spiro atoms. The molecule has 2 heterocycles. The third-order valence-corrected chi connectivity index (χ3v) is 4.91. The molecule has 2 aliphatic carbocycles. The molecule has 0 aromatic rings. The van der Waals surface area contributed by atoms with Crippen LogP contribution in [0.4, 0.5) is 0 Å². The smallest absolute Gasteiger partial charge is 0.120 e. The quantitative estimate of drug-likeness (QED) is 0.575. The van der Waals surface area contributed by atoms with Crippen molar-refractivity contribution in [1.29, 1.82) is 0 Å². The summed E-state index contributed by atoms with van der Waals surface area (Å²) in [5, 5.41) is 12.0. The van der Waals surface area contributed by atoms with Crippen molar-refractivity contribution in [3.63, 3.8) is 0 Å². The molecule has 0 amide bonds. The molecule has 102 valence electrons. The Labute approximate surface area is 107 Å². The molecule has 5 nitrogen and oxygen atoms in total. The lowest BCUT2D eigenvalue weighted by Crippen LogP contribution is -3.10. The van der Waals surface area contributed by atoms with Gasteiger partial charge in [-0.25, -0.2) is 10.1 Å². The van der Waals surface area contributed by atoms with E-state index in [1.807, 2.05) is 0 Å². The molecule has 2 saturated heterocycles. The van der Waals surface area contributed by atoms with E-state index in [0.717, 1.165) is 38.5 Å². The molecule has 5 heteroatoms. The van der Waals surface area contributed by atoms with Crippen molar-refractivity contribution in [2.24, 2.45) is 5.92 Å². The lowest BCUT2D eigenvalue weighted by molar-refractivity contribution is -1.07. The van der Waals surface area contributed by atoms with E-state index >= 15 is 0 Å². The predicted molar refractivity (Wildman–Crippen MR) is 62.6 cm³/mol. The van der Waals surface area contributed by atoms with Gasteiger partial charge in [-0.1, -0.05) is 0 Å². The Bertz CT molecular complexity index is 326. The van der Waals surface area contributed by atoms with Gasteiger partial charge in [0.05, 0.1) is 24.4 Å². The van der Waals surface area contributed by atoms with Gasteiger partial charge in [0.2, 0.25) is 0 Å². The van der Waals surface area contributed by atoms with Crippen LogP contribution in [0.5, 0.6) is 0 Å². The molecule has 4 aliphatic rings. The lowest BCUT2D eigenvalue weighted by Gasteiger charge is -2.31. The second kappa shape index (κ2) is 4.42. The molecular weight excluding hydrogens is 234 g/mol. The summed E-state index contributed by atoms with van der Waals surface area (Å²) < 4.78 is 10.9. The Morgan fingerprint density at radius 1 is 0.944 bits per heavy atom. The van der Waals surface area contributed by atoms with Crippen molar-refractivity contribution in [3.8, 4) is 0 Å². The van der Waals surface area contributed by atoms with Crippen molar-refractivity contribution in [1.82, 2.24) is 0 Å². The van der Waals surface area contributed by atoms with Crippen molar-refractivity contribution in [3.05, 3.63) is 5.21 Å². The fourth-order valence-corrected chi connectivity index (χ4v) is 3.57. The largest absolute Gasteiger partial charge is 0.600 e. The first-order valence-electron chi connectivity index (χ1n) is 7.27. The fourth-order valence-electron chi connectivity index (χ4n) is 3.57. The summed E-state index contributed by atoms with van der Waals surface area (Å²) in [6, 6.07) is 0.0854. The van der Waals surface area contributed by atoms with Gasteiger partial charge in [-0.05, 0) is 31.6 Å². The second-order valence-corrected chi connectivity index (χ2v) is 6.25. The topological polar surface area (TPSA) is 61.8 Å². The number of fused-ring (bicyclic) bond motifs is 2. The van der Waals surface area contributed by atoms with Gasteiger partial charge in [-0.3, -0.25) is 0 Å². The number of hydrogen-bond donors (Lipinski definition) is 1. The first kappa shape index (κ1) is 11.6. The fraction of sp³-hybridized carbons (Fsp3) is 1.00. The van der Waals surface area contributed by atoms with E-state index in [1.54, 1.807) is 0 Å². The average Bonchev–Trinajstić information content (AvgIpc) is 3.26. The zero-order chi connectivity index (χ0) is 12.1. The highest BCUT2D eigenvalue weighted by atomic mass is 16.9. The number of epoxide rings is 2. The first-order valence-corrected chi connectivity index (χ1v) is 7.27. The Hall–Kier alpha value is -0.200. The van der Waals surface area contributed by atoms with Gasteiger partial charge >= 0.3 is 0 Å². The third kappa shape index (κ3) is 2.30. The molecule has 7 unspecified atom stereocenters.